The van der Waals surface area contributed by atoms with Gasteiger partial charge in [-0.3, -0.25) is 0 Å². The summed E-state index contributed by atoms with van der Waals surface area (Å²) >= 11 is 9.88. The first-order valence-electron chi connectivity index (χ1n) is 6.45. The molecule has 0 aliphatic carbocycles. The van der Waals surface area contributed by atoms with Gasteiger partial charge in [0.05, 0.1) is 11.1 Å². The van der Waals surface area contributed by atoms with E-state index in [0.717, 1.165) is 35.4 Å². The summed E-state index contributed by atoms with van der Waals surface area (Å²) in [5.74, 6) is 0. The number of hydrogen-bond acceptors (Lipinski definition) is 4. The first kappa shape index (κ1) is 20.1. The van der Waals surface area contributed by atoms with Crippen molar-refractivity contribution in [1.82, 2.24) is 0 Å². The van der Waals surface area contributed by atoms with E-state index in [1.54, 1.807) is 23.5 Å². The zero-order valence-corrected chi connectivity index (χ0v) is 17.7. The Bertz CT molecular complexity index is 777. The number of benzene rings is 2. The van der Waals surface area contributed by atoms with E-state index in [-0.39, 0.29) is 0 Å². The third-order valence-corrected chi connectivity index (χ3v) is 5.90. The van der Waals surface area contributed by atoms with Gasteiger partial charge in [0.1, 0.15) is 12.1 Å². The van der Waals surface area contributed by atoms with E-state index >= 15 is 0 Å². The van der Waals surface area contributed by atoms with Crippen LogP contribution in [0.2, 0.25) is 0 Å². The molecule has 6 heteroatoms. The van der Waals surface area contributed by atoms with E-state index in [2.05, 4.69) is 44.0 Å². The second-order valence-electron chi connectivity index (χ2n) is 4.32. The van der Waals surface area contributed by atoms with Crippen LogP contribution >= 0.6 is 55.4 Å². The highest BCUT2D eigenvalue weighted by molar-refractivity contribution is 9.10. The molecule has 0 N–H and O–H groups in total. The second-order valence-corrected chi connectivity index (χ2v) is 7.78. The molecule has 0 atom stereocenters. The number of nitrogens with zero attached hydrogens (tertiary/aromatic N) is 2. The van der Waals surface area contributed by atoms with Crippen LogP contribution in [-0.4, -0.2) is 12.5 Å². The Morgan fingerprint density at radius 2 is 1.52 bits per heavy atom. The molecule has 2 aromatic carbocycles. The normalized spacial score (nSPS) is 9.35. The molecule has 2 aromatic rings. The summed E-state index contributed by atoms with van der Waals surface area (Å²) in [6, 6.07) is 14.0. The lowest BCUT2D eigenvalue weighted by atomic mass is 10.1. The summed E-state index contributed by atoms with van der Waals surface area (Å²) in [6.07, 6.45) is 3.94. The van der Waals surface area contributed by atoms with Crippen LogP contribution in [0.25, 0.3) is 0 Å². The minimum absolute atomic E-state index is 0.729. The van der Waals surface area contributed by atoms with Crippen molar-refractivity contribution in [2.45, 2.75) is 16.7 Å². The van der Waals surface area contributed by atoms with Crippen LogP contribution in [0.3, 0.4) is 0 Å². The molecule has 0 saturated carbocycles. The van der Waals surface area contributed by atoms with E-state index < -0.39 is 0 Å². The van der Waals surface area contributed by atoms with Crippen molar-refractivity contribution >= 4 is 55.4 Å². The van der Waals surface area contributed by atoms with Crippen molar-refractivity contribution in [2.75, 3.05) is 12.5 Å². The highest BCUT2D eigenvalue weighted by Crippen LogP contribution is 2.27. The minimum Gasteiger partial charge on any atom is -0.192 e. The highest BCUT2D eigenvalue weighted by Gasteiger charge is 2.06. The van der Waals surface area contributed by atoms with Gasteiger partial charge < -0.3 is 0 Å². The van der Waals surface area contributed by atoms with Gasteiger partial charge in [-0.15, -0.1) is 23.5 Å². The number of thioether (sulfide) groups is 2. The van der Waals surface area contributed by atoms with Gasteiger partial charge in [0.15, 0.2) is 0 Å². The van der Waals surface area contributed by atoms with Gasteiger partial charge in [0.2, 0.25) is 0 Å². The van der Waals surface area contributed by atoms with Crippen molar-refractivity contribution in [3.05, 3.63) is 56.0 Å². The number of halogens is 2. The van der Waals surface area contributed by atoms with Crippen LogP contribution in [0.5, 0.6) is 0 Å². The van der Waals surface area contributed by atoms with Crippen LogP contribution in [-0.2, 0) is 0 Å². The quantitative estimate of drug-likeness (QED) is 0.477. The Morgan fingerprint density at radius 3 is 2.04 bits per heavy atom. The maximum Gasteiger partial charge on any atom is 0.101 e. The molecule has 0 saturated heterocycles. The molecule has 0 aliphatic heterocycles. The molecule has 2 nitrogen and oxygen atoms in total. The smallest absolute Gasteiger partial charge is 0.101 e. The Morgan fingerprint density at radius 1 is 0.913 bits per heavy atom. The topological polar surface area (TPSA) is 47.6 Å². The van der Waals surface area contributed by atoms with Gasteiger partial charge in [0, 0.05) is 18.7 Å². The number of rotatable bonds is 2. The van der Waals surface area contributed by atoms with Gasteiger partial charge >= 0.3 is 0 Å². The number of hydrogen-bond donors (Lipinski definition) is 0. The Labute approximate surface area is 162 Å². The van der Waals surface area contributed by atoms with Crippen molar-refractivity contribution in [2.24, 2.45) is 0 Å². The maximum atomic E-state index is 8.87. The van der Waals surface area contributed by atoms with Crippen LogP contribution < -0.4 is 0 Å². The average Bonchev–Trinajstić information content (AvgIpc) is 2.57. The van der Waals surface area contributed by atoms with Crippen LogP contribution in [0.15, 0.2) is 49.1 Å². The lowest BCUT2D eigenvalue weighted by molar-refractivity contribution is 1.27. The van der Waals surface area contributed by atoms with Crippen molar-refractivity contribution in [1.29, 1.82) is 10.5 Å². The summed E-state index contributed by atoms with van der Waals surface area (Å²) < 4.78 is 1.95. The van der Waals surface area contributed by atoms with E-state index in [4.69, 9.17) is 10.5 Å². The lowest BCUT2D eigenvalue weighted by Crippen LogP contribution is -1.86. The molecular weight excluding hydrogens is 456 g/mol. The van der Waals surface area contributed by atoms with Crippen molar-refractivity contribution in [3.63, 3.8) is 0 Å². The fourth-order valence-corrected chi connectivity index (χ4v) is 3.57. The molecule has 0 radical (unpaired) electrons. The summed E-state index contributed by atoms with van der Waals surface area (Å²) in [6.45, 7) is 1.95. The van der Waals surface area contributed by atoms with Gasteiger partial charge in [-0.1, -0.05) is 31.9 Å². The molecule has 0 heterocycles. The van der Waals surface area contributed by atoms with Gasteiger partial charge in [-0.05, 0) is 55.3 Å². The van der Waals surface area contributed by atoms with Gasteiger partial charge in [-0.25, -0.2) is 0 Å². The molecule has 0 unspecified atom stereocenters. The lowest BCUT2D eigenvalue weighted by Gasteiger charge is -2.04. The molecule has 0 spiro atoms. The van der Waals surface area contributed by atoms with E-state index in [0.29, 0.717) is 0 Å². The summed E-state index contributed by atoms with van der Waals surface area (Å²) in [5.41, 5.74) is 2.52. The standard InChI is InChI=1S/C9H8BrNS.C8H6BrNS/c1-6-7(5-11)9(12-2)4-3-8(6)10;1-11-8-3-2-7(9)4-6(8)5-10/h3-4H,1-2H3;2-4H,1H3. The third-order valence-electron chi connectivity index (χ3n) is 2.97. The van der Waals surface area contributed by atoms with Crippen LogP contribution in [0.1, 0.15) is 16.7 Å². The second kappa shape index (κ2) is 10.1. The Hall–Kier alpha value is -0.920. The van der Waals surface area contributed by atoms with Crippen LogP contribution in [0, 0.1) is 29.6 Å². The molecular formula is C17H14Br2N2S2. The predicted octanol–water partition coefficient (Wildman–Crippen LogP) is 6.39. The maximum absolute atomic E-state index is 8.87. The monoisotopic (exact) mass is 468 g/mol. The molecule has 0 fully saturated rings. The number of nitriles is 2. The average molecular weight is 470 g/mol. The highest BCUT2D eigenvalue weighted by atomic mass is 79.9. The van der Waals surface area contributed by atoms with E-state index in [1.807, 2.05) is 49.8 Å². The third kappa shape index (κ3) is 5.58. The fourth-order valence-electron chi connectivity index (χ4n) is 1.74. The molecule has 0 aliphatic rings. The summed E-state index contributed by atoms with van der Waals surface area (Å²) in [5, 5.41) is 17.6. The Kier molecular flexibility index (Phi) is 8.79. The molecule has 0 aromatic heterocycles. The molecule has 2 rings (SSSR count). The van der Waals surface area contributed by atoms with Gasteiger partial charge in [-0.2, -0.15) is 10.5 Å². The largest absolute Gasteiger partial charge is 0.192 e. The molecule has 23 heavy (non-hydrogen) atoms. The zero-order valence-electron chi connectivity index (χ0n) is 12.9. The first-order valence-corrected chi connectivity index (χ1v) is 10.5. The summed E-state index contributed by atoms with van der Waals surface area (Å²) in [4.78, 5) is 2.06. The molecule has 0 amide bonds. The fraction of sp³-hybridized carbons (Fsp3) is 0.176. The minimum atomic E-state index is 0.729. The first-order chi connectivity index (χ1) is 11.0. The van der Waals surface area contributed by atoms with Crippen molar-refractivity contribution < 1.29 is 0 Å². The zero-order chi connectivity index (χ0) is 17.4. The van der Waals surface area contributed by atoms with E-state index in [9.17, 15) is 0 Å². The van der Waals surface area contributed by atoms with Crippen molar-refractivity contribution in [3.8, 4) is 12.1 Å². The SMILES string of the molecule is CSc1ccc(Br)c(C)c1C#N.CSc1ccc(Br)cc1C#N. The molecule has 118 valence electrons. The van der Waals surface area contributed by atoms with Gasteiger partial charge in [0.25, 0.3) is 0 Å². The van der Waals surface area contributed by atoms with Crippen LogP contribution in [0.4, 0.5) is 0 Å². The molecule has 0 bridgehead atoms. The predicted molar refractivity (Wildman–Crippen MR) is 106 cm³/mol. The van der Waals surface area contributed by atoms with E-state index in [1.165, 1.54) is 0 Å². The Balaban J connectivity index is 0.000000231. The summed E-state index contributed by atoms with van der Waals surface area (Å²) in [7, 11) is 0.